The quantitative estimate of drug-likeness (QED) is 0.722. The molecule has 0 aromatic heterocycles. The number of epoxide rings is 1. The lowest BCUT2D eigenvalue weighted by molar-refractivity contribution is 0.366. The molecule has 17 heavy (non-hydrogen) atoms. The van der Waals surface area contributed by atoms with Gasteiger partial charge >= 0.3 is 0 Å². The minimum atomic E-state index is -0.725. The third kappa shape index (κ3) is 2.56. The SMILES string of the molecule is [2H][C@@]1(CCc2ccccc2)O[C@@H]1c1ccccc1. The van der Waals surface area contributed by atoms with Crippen LogP contribution in [0.5, 0.6) is 0 Å². The molecule has 0 bridgehead atoms. The summed E-state index contributed by atoms with van der Waals surface area (Å²) in [6, 6.07) is 20.3. The molecule has 0 N–H and O–H groups in total. The highest BCUT2D eigenvalue weighted by molar-refractivity contribution is 5.23. The maximum Gasteiger partial charge on any atom is 0.109 e. The molecule has 0 radical (unpaired) electrons. The van der Waals surface area contributed by atoms with Gasteiger partial charge in [-0.05, 0) is 24.0 Å². The Morgan fingerprint density at radius 2 is 1.59 bits per heavy atom. The molecule has 1 nitrogen and oxygen atoms in total. The number of aryl methyl sites for hydroxylation is 1. The van der Waals surface area contributed by atoms with Crippen LogP contribution in [0.3, 0.4) is 0 Å². The minimum absolute atomic E-state index is 0.0533. The molecule has 0 saturated carbocycles. The molecular formula is C16H16O. The van der Waals surface area contributed by atoms with Crippen molar-refractivity contribution in [2.45, 2.75) is 25.0 Å². The van der Waals surface area contributed by atoms with Crippen molar-refractivity contribution in [3.8, 4) is 0 Å². The van der Waals surface area contributed by atoms with Crippen molar-refractivity contribution < 1.29 is 6.11 Å². The standard InChI is InChI=1S/C16H16O/c1-3-7-13(8-4-1)11-12-15-16(17-15)14-9-5-2-6-10-14/h1-10,15-16H,11-12H2/t15-,16+/m0/s1/i15D. The fraction of sp³-hybridized carbons (Fsp3) is 0.250. The Kier molecular flexibility index (Phi) is 2.62. The van der Waals surface area contributed by atoms with E-state index in [0.717, 1.165) is 18.4 Å². The zero-order valence-corrected chi connectivity index (χ0v) is 9.67. The molecule has 2 aromatic rings. The van der Waals surface area contributed by atoms with Crippen LogP contribution >= 0.6 is 0 Å². The number of benzene rings is 2. The van der Waals surface area contributed by atoms with E-state index in [2.05, 4.69) is 12.1 Å². The highest BCUT2D eigenvalue weighted by Gasteiger charge is 2.39. The Morgan fingerprint density at radius 3 is 2.29 bits per heavy atom. The van der Waals surface area contributed by atoms with Crippen LogP contribution in [0.15, 0.2) is 60.7 Å². The third-order valence-electron chi connectivity index (χ3n) is 3.11. The molecule has 0 amide bonds. The summed E-state index contributed by atoms with van der Waals surface area (Å²) >= 11 is 0. The lowest BCUT2D eigenvalue weighted by Gasteiger charge is -1.98. The zero-order chi connectivity index (χ0) is 12.4. The van der Waals surface area contributed by atoms with Gasteiger partial charge in [-0.1, -0.05) is 60.7 Å². The highest BCUT2D eigenvalue weighted by Crippen LogP contribution is 2.41. The van der Waals surface area contributed by atoms with Crippen LogP contribution in [-0.4, -0.2) is 6.08 Å². The Bertz CT molecular complexity index is 511. The van der Waals surface area contributed by atoms with Gasteiger partial charge in [-0.2, -0.15) is 0 Å². The van der Waals surface area contributed by atoms with Gasteiger partial charge in [0.05, 0.1) is 7.45 Å². The summed E-state index contributed by atoms with van der Waals surface area (Å²) in [7, 11) is 0. The van der Waals surface area contributed by atoms with Crippen molar-refractivity contribution in [2.24, 2.45) is 0 Å². The summed E-state index contributed by atoms with van der Waals surface area (Å²) in [4.78, 5) is 0. The lowest BCUT2D eigenvalue weighted by Crippen LogP contribution is -1.93. The van der Waals surface area contributed by atoms with Crippen molar-refractivity contribution in [3.05, 3.63) is 71.8 Å². The predicted octanol–water partition coefficient (Wildman–Crippen LogP) is 3.76. The van der Waals surface area contributed by atoms with Gasteiger partial charge in [0.25, 0.3) is 0 Å². The van der Waals surface area contributed by atoms with Crippen molar-refractivity contribution >= 4 is 0 Å². The smallest absolute Gasteiger partial charge is 0.109 e. The monoisotopic (exact) mass is 225 g/mol. The van der Waals surface area contributed by atoms with E-state index >= 15 is 0 Å². The number of hydrogen-bond donors (Lipinski definition) is 0. The maximum absolute atomic E-state index is 8.26. The van der Waals surface area contributed by atoms with Crippen molar-refractivity contribution in [3.63, 3.8) is 0 Å². The second-order valence-electron chi connectivity index (χ2n) is 4.36. The molecular weight excluding hydrogens is 208 g/mol. The largest absolute Gasteiger partial charge is 0.364 e. The number of hydrogen-bond acceptors (Lipinski definition) is 1. The van der Waals surface area contributed by atoms with E-state index in [9.17, 15) is 0 Å². The van der Waals surface area contributed by atoms with E-state index < -0.39 is 6.08 Å². The zero-order valence-electron chi connectivity index (χ0n) is 10.7. The molecule has 86 valence electrons. The van der Waals surface area contributed by atoms with Crippen molar-refractivity contribution in [2.75, 3.05) is 0 Å². The molecule has 1 heterocycles. The first-order valence-electron chi connectivity index (χ1n) is 6.55. The molecule has 2 atom stereocenters. The summed E-state index contributed by atoms with van der Waals surface area (Å²) in [5.74, 6) is 0. The van der Waals surface area contributed by atoms with Gasteiger partial charge in [-0.25, -0.2) is 0 Å². The molecule has 1 aliphatic rings. The first-order valence-corrected chi connectivity index (χ1v) is 6.05. The summed E-state index contributed by atoms with van der Waals surface area (Å²) in [6.07, 6.45) is 0.865. The van der Waals surface area contributed by atoms with E-state index in [0.29, 0.717) is 0 Å². The summed E-state index contributed by atoms with van der Waals surface area (Å²) in [5.41, 5.74) is 2.38. The maximum atomic E-state index is 8.26. The van der Waals surface area contributed by atoms with E-state index in [1.807, 2.05) is 48.5 Å². The van der Waals surface area contributed by atoms with Crippen LogP contribution in [0.1, 0.15) is 25.0 Å². The van der Waals surface area contributed by atoms with E-state index in [1.165, 1.54) is 5.56 Å². The van der Waals surface area contributed by atoms with Gasteiger partial charge in [0, 0.05) is 0 Å². The fourth-order valence-corrected chi connectivity index (χ4v) is 2.10. The molecule has 1 heteroatoms. The second kappa shape index (κ2) is 4.72. The van der Waals surface area contributed by atoms with Crippen LogP contribution in [-0.2, 0) is 11.2 Å². The van der Waals surface area contributed by atoms with E-state index in [-0.39, 0.29) is 6.10 Å². The molecule has 2 aromatic carbocycles. The Morgan fingerprint density at radius 1 is 0.941 bits per heavy atom. The molecule has 3 rings (SSSR count). The Hall–Kier alpha value is -1.60. The third-order valence-corrected chi connectivity index (χ3v) is 3.11. The van der Waals surface area contributed by atoms with E-state index in [4.69, 9.17) is 6.11 Å². The van der Waals surface area contributed by atoms with E-state index in [1.54, 1.807) is 0 Å². The second-order valence-corrected chi connectivity index (χ2v) is 4.36. The van der Waals surface area contributed by atoms with Gasteiger partial charge in [0.15, 0.2) is 0 Å². The summed E-state index contributed by atoms with van der Waals surface area (Å²) in [5, 5.41) is 0. The normalized spacial score (nSPS) is 27.5. The fourth-order valence-electron chi connectivity index (χ4n) is 2.10. The van der Waals surface area contributed by atoms with Gasteiger partial charge in [-0.15, -0.1) is 0 Å². The topological polar surface area (TPSA) is 12.5 Å². The molecule has 1 saturated heterocycles. The van der Waals surface area contributed by atoms with Gasteiger partial charge in [-0.3, -0.25) is 0 Å². The molecule has 0 unspecified atom stereocenters. The highest BCUT2D eigenvalue weighted by atomic mass is 16.6. The minimum Gasteiger partial charge on any atom is -0.364 e. The molecule has 1 aliphatic heterocycles. The first-order chi connectivity index (χ1) is 8.78. The number of rotatable bonds is 4. The van der Waals surface area contributed by atoms with Crippen LogP contribution < -0.4 is 0 Å². The van der Waals surface area contributed by atoms with Crippen LogP contribution in [0, 0.1) is 0 Å². The van der Waals surface area contributed by atoms with Gasteiger partial charge in [0.1, 0.15) is 6.10 Å². The lowest BCUT2D eigenvalue weighted by atomic mass is 10.0. The van der Waals surface area contributed by atoms with Crippen molar-refractivity contribution in [1.29, 1.82) is 0 Å². The van der Waals surface area contributed by atoms with Crippen LogP contribution in [0.2, 0.25) is 0 Å². The summed E-state index contributed by atoms with van der Waals surface area (Å²) < 4.78 is 13.8. The Labute approximate surface area is 103 Å². The van der Waals surface area contributed by atoms with Crippen LogP contribution in [0.4, 0.5) is 0 Å². The van der Waals surface area contributed by atoms with Gasteiger partial charge < -0.3 is 4.74 Å². The predicted molar refractivity (Wildman–Crippen MR) is 68.8 cm³/mol. The van der Waals surface area contributed by atoms with Gasteiger partial charge in [0.2, 0.25) is 0 Å². The number of ether oxygens (including phenoxy) is 1. The Balaban J connectivity index is 1.62. The average molecular weight is 225 g/mol. The molecule has 1 fully saturated rings. The average Bonchev–Trinajstić information content (AvgIpc) is 3.12. The van der Waals surface area contributed by atoms with Crippen LogP contribution in [0.25, 0.3) is 0 Å². The van der Waals surface area contributed by atoms with Crippen molar-refractivity contribution in [1.82, 2.24) is 0 Å². The summed E-state index contributed by atoms with van der Waals surface area (Å²) in [6.45, 7) is 0. The molecule has 0 spiro atoms. The first kappa shape index (κ1) is 9.43. The molecule has 0 aliphatic carbocycles.